The zero-order valence-electron chi connectivity index (χ0n) is 51.4. The Kier molecular flexibility index (Phi) is 23.6. The first-order valence-electron chi connectivity index (χ1n) is 29.7. The number of thiazole rings is 2. The molecule has 2 aliphatic heterocycles. The van der Waals surface area contributed by atoms with Crippen LogP contribution in [0.1, 0.15) is 180 Å². The second-order valence-corrected chi connectivity index (χ2v) is 26.0. The predicted molar refractivity (Wildman–Crippen MR) is 324 cm³/mol. The number of aryl methyl sites for hydroxylation is 4. The number of amides is 5. The molecule has 84 heavy (non-hydrogen) atoms. The molecule has 0 spiro atoms. The highest BCUT2D eigenvalue weighted by Gasteiger charge is 2.43. The number of likely N-dealkylation sites (N-methyl/N-ethyl adjacent to an activating group) is 2. The number of likely N-dealkylation sites (tertiary alicyclic amines) is 2. The molecule has 2 saturated carbocycles. The summed E-state index contributed by atoms with van der Waals surface area (Å²) in [6, 6.07) is 6.28. The molecule has 2 saturated heterocycles. The van der Waals surface area contributed by atoms with E-state index in [1.54, 1.807) is 64.5 Å². The maximum atomic E-state index is 14.3. The minimum atomic E-state index is -5.08. The molecule has 0 radical (unpaired) electrons. The van der Waals surface area contributed by atoms with Crippen LogP contribution in [0.3, 0.4) is 0 Å². The van der Waals surface area contributed by atoms with Crippen molar-refractivity contribution in [3.8, 4) is 22.5 Å². The van der Waals surface area contributed by atoms with Gasteiger partial charge in [0.15, 0.2) is 0 Å². The van der Waals surface area contributed by atoms with Crippen LogP contribution < -0.4 is 16.0 Å². The molecule has 4 fully saturated rings. The van der Waals surface area contributed by atoms with Crippen LogP contribution in [0.15, 0.2) is 35.0 Å². The van der Waals surface area contributed by atoms with Gasteiger partial charge in [-0.3, -0.25) is 24.1 Å². The average molecular weight is 1210 g/mol. The lowest BCUT2D eigenvalue weighted by Gasteiger charge is -2.36. The largest absolute Gasteiger partial charge is 0.490 e. The fourth-order valence-electron chi connectivity index (χ4n) is 11.8. The molecule has 21 heteroatoms. The number of nitrogens with zero attached hydrogens (tertiary/aromatic N) is 5. The van der Waals surface area contributed by atoms with Crippen molar-refractivity contribution in [3.05, 3.63) is 78.4 Å². The van der Waals surface area contributed by atoms with Crippen molar-refractivity contribution < 1.29 is 51.8 Å². The summed E-state index contributed by atoms with van der Waals surface area (Å²) in [5.41, 5.74) is 11.1. The first-order chi connectivity index (χ1) is 39.5. The highest BCUT2D eigenvalue weighted by atomic mass is 32.1. The lowest BCUT2D eigenvalue weighted by atomic mass is 9.83. The van der Waals surface area contributed by atoms with Crippen LogP contribution in [-0.2, 0) is 28.7 Å². The van der Waals surface area contributed by atoms with E-state index in [1.807, 2.05) is 16.7 Å². The van der Waals surface area contributed by atoms with Gasteiger partial charge in [0.1, 0.15) is 33.7 Å². The van der Waals surface area contributed by atoms with Crippen LogP contribution in [-0.4, -0.2) is 129 Å². The fourth-order valence-corrected chi connectivity index (χ4v) is 13.7. The Morgan fingerprint density at radius 2 is 1.01 bits per heavy atom. The van der Waals surface area contributed by atoms with E-state index in [4.69, 9.17) is 24.6 Å². The van der Waals surface area contributed by atoms with Gasteiger partial charge >= 0.3 is 18.2 Å². The van der Waals surface area contributed by atoms with Crippen LogP contribution in [0.25, 0.3) is 22.5 Å². The number of hydrogen-bond donors (Lipinski definition) is 4. The second-order valence-electron chi connectivity index (χ2n) is 24.3. The Bertz CT molecular complexity index is 2950. The molecule has 4 heterocycles. The van der Waals surface area contributed by atoms with Crippen molar-refractivity contribution in [3.63, 3.8) is 0 Å². The van der Waals surface area contributed by atoms with Crippen LogP contribution in [0.5, 0.6) is 0 Å². The number of ether oxygens (including phenoxy) is 1. The number of carboxylic acid groups (broad SMARTS) is 1. The molecular weight excluding hydrogens is 1120 g/mol. The molecule has 6 atom stereocenters. The minimum Gasteiger partial charge on any atom is -0.475 e. The van der Waals surface area contributed by atoms with E-state index in [1.165, 1.54) is 55.8 Å². The molecule has 5 amide bonds. The van der Waals surface area contributed by atoms with Crippen molar-refractivity contribution >= 4 is 58.4 Å². The van der Waals surface area contributed by atoms with E-state index < -0.39 is 42.0 Å². The Hall–Kier alpha value is -5.93. The summed E-state index contributed by atoms with van der Waals surface area (Å²) < 4.78 is 37.2. The Labute approximate surface area is 502 Å². The number of carboxylic acids is 1. The van der Waals surface area contributed by atoms with Gasteiger partial charge in [-0.2, -0.15) is 13.2 Å². The van der Waals surface area contributed by atoms with Gasteiger partial charge in [-0.25, -0.2) is 19.6 Å². The van der Waals surface area contributed by atoms with Gasteiger partial charge in [0, 0.05) is 42.0 Å². The third-order valence-electron chi connectivity index (χ3n) is 17.2. The number of benzene rings is 2. The molecule has 0 unspecified atom stereocenters. The maximum absolute atomic E-state index is 14.3. The highest BCUT2D eigenvalue weighted by Crippen LogP contribution is 2.41. The van der Waals surface area contributed by atoms with Crippen molar-refractivity contribution in [1.82, 2.24) is 40.6 Å². The molecule has 8 rings (SSSR count). The molecule has 2 aromatic carbocycles. The van der Waals surface area contributed by atoms with Crippen LogP contribution in [0, 0.1) is 53.4 Å². The van der Waals surface area contributed by atoms with Gasteiger partial charge in [-0.1, -0.05) is 62.8 Å². The van der Waals surface area contributed by atoms with E-state index in [0.717, 1.165) is 111 Å². The second kappa shape index (κ2) is 29.4. The molecule has 16 nitrogen and oxygen atoms in total. The summed E-state index contributed by atoms with van der Waals surface area (Å²) in [6.45, 7) is 23.1. The van der Waals surface area contributed by atoms with E-state index in [9.17, 15) is 37.1 Å². The monoisotopic (exact) mass is 1210 g/mol. The van der Waals surface area contributed by atoms with E-state index >= 15 is 0 Å². The van der Waals surface area contributed by atoms with Crippen molar-refractivity contribution in [2.24, 2.45) is 11.8 Å². The quantitative estimate of drug-likeness (QED) is 0.0935. The predicted octanol–water partition coefficient (Wildman–Crippen LogP) is 12.4. The van der Waals surface area contributed by atoms with Gasteiger partial charge in [-0.05, 0) is 180 Å². The third kappa shape index (κ3) is 16.9. The average Bonchev–Trinajstić information content (AvgIpc) is 2.77. The molecule has 4 N–H and O–H groups in total. The van der Waals surface area contributed by atoms with E-state index in [0.29, 0.717) is 6.54 Å². The van der Waals surface area contributed by atoms with Crippen LogP contribution in [0.4, 0.5) is 18.0 Å². The molecule has 0 bridgehead atoms. The van der Waals surface area contributed by atoms with Gasteiger partial charge < -0.3 is 35.6 Å². The molecule has 2 aliphatic carbocycles. The summed E-state index contributed by atoms with van der Waals surface area (Å²) in [4.78, 5) is 91.5. The number of rotatable bonds is 14. The van der Waals surface area contributed by atoms with Crippen molar-refractivity contribution in [1.29, 1.82) is 0 Å². The highest BCUT2D eigenvalue weighted by molar-refractivity contribution is 7.10. The van der Waals surface area contributed by atoms with E-state index in [-0.39, 0.29) is 53.6 Å². The number of carbonyl (C=O) groups excluding carboxylic acids is 5. The number of halogens is 3. The van der Waals surface area contributed by atoms with Gasteiger partial charge in [-0.15, -0.1) is 22.7 Å². The minimum absolute atomic E-state index is 0.0172. The van der Waals surface area contributed by atoms with Crippen LogP contribution in [0.2, 0.25) is 0 Å². The SMILES string of the molecule is CN[C@@H](C)C(=O)N[C@H](C(=O)N1CCC[C@H]1c1nc(-c2c(C)ccc(C)c2C)cs1)C1CCCCC1.Cc1ccc(C)c(-c2csc([C@@H]3CCCN3C(=O)[C@@H](NC(=O)[C@H](C)N(C)C(=O)OC(C)(C)C)C3CCCCC3)n2)c1C.O=C(O)C(F)(F)F. The maximum Gasteiger partial charge on any atom is 0.490 e. The van der Waals surface area contributed by atoms with Crippen molar-refractivity contribution in [2.75, 3.05) is 27.2 Å². The molecule has 4 aliphatic rings. The van der Waals surface area contributed by atoms with E-state index in [2.05, 4.69) is 92.5 Å². The number of nitrogens with one attached hydrogen (secondary N) is 3. The summed E-state index contributed by atoms with van der Waals surface area (Å²) in [7, 11) is 3.33. The zero-order valence-corrected chi connectivity index (χ0v) is 53.0. The summed E-state index contributed by atoms with van der Waals surface area (Å²) in [5.74, 6) is -2.90. The molecule has 462 valence electrons. The first kappa shape index (κ1) is 67.2. The van der Waals surface area contributed by atoms with Gasteiger partial charge in [0.05, 0.1) is 29.5 Å². The zero-order chi connectivity index (χ0) is 62.0. The fraction of sp³-hybridized carbons (Fsp3) is 0.619. The lowest BCUT2D eigenvalue weighted by Crippen LogP contribution is -2.56. The summed E-state index contributed by atoms with van der Waals surface area (Å²) in [6.07, 6.45) is 8.49. The number of alkyl halides is 3. The topological polar surface area (TPSA) is 203 Å². The third-order valence-corrected chi connectivity index (χ3v) is 19.1. The first-order valence-corrected chi connectivity index (χ1v) is 31.5. The Morgan fingerprint density at radius 1 is 0.631 bits per heavy atom. The summed E-state index contributed by atoms with van der Waals surface area (Å²) >= 11 is 3.27. The van der Waals surface area contributed by atoms with Gasteiger partial charge in [0.2, 0.25) is 23.6 Å². The Morgan fingerprint density at radius 3 is 1.38 bits per heavy atom. The molecule has 2 aromatic heterocycles. The number of carbonyl (C=O) groups is 6. The summed E-state index contributed by atoms with van der Waals surface area (Å²) in [5, 5.41) is 22.5. The number of aliphatic carboxylic acids is 1. The molecular formula is C63H89F3N8O8S2. The van der Waals surface area contributed by atoms with Gasteiger partial charge in [0.25, 0.3) is 0 Å². The number of hydrogen-bond acceptors (Lipinski definition) is 12. The normalized spacial score (nSPS) is 19.2. The smallest absolute Gasteiger partial charge is 0.475 e. The van der Waals surface area contributed by atoms with Crippen LogP contribution >= 0.6 is 22.7 Å². The number of aromatic nitrogens is 2. The lowest BCUT2D eigenvalue weighted by molar-refractivity contribution is -0.192. The standard InChI is InChI=1S/C33H48N4O4S.C28H40N4O2S.C2HF3O2/c1-20-16-17-21(2)27(22(20)3)25-19-42-30(34-25)26-15-12-18-37(26)31(39)28(24-13-10-9-11-14-24)35-29(38)23(4)36(8)32(40)41-33(5,6)7;1-17-13-14-18(2)24(19(17)3)22-16-35-27(30-22)23-12-9-15-32(23)28(34)25(21-10-7-6-8-11-21)31-26(33)20(4)29-5;3-2(4,5)1(6)7/h16-17,19,23-24,26,28H,9-15,18H2,1-8H3,(H,35,38);13-14,16,20-21,23,25,29H,6-12,15H2,1-5H3,(H,31,33);(H,6,7)/t23-,26-,28-;20-,23-,25-;/m00./s1. The molecule has 4 aromatic rings. The van der Waals surface area contributed by atoms with Crippen molar-refractivity contribution in [2.45, 2.75) is 214 Å². The Balaban J connectivity index is 0.000000245.